The Kier molecular flexibility index (Phi) is 3.10. The first-order valence-corrected chi connectivity index (χ1v) is 5.20. The van der Waals surface area contributed by atoms with Gasteiger partial charge in [0.25, 0.3) is 0 Å². The smallest absolute Gasteiger partial charge is 0.189 e. The minimum Gasteiger partial charge on any atom is -0.491 e. The van der Waals surface area contributed by atoms with Gasteiger partial charge in [-0.15, -0.1) is 6.58 Å². The molecule has 3 N–H and O–H groups in total. The zero-order valence-corrected chi connectivity index (χ0v) is 9.02. The summed E-state index contributed by atoms with van der Waals surface area (Å²) in [5.41, 5.74) is 6.86. The number of benzene rings is 1. The predicted octanol–water partition coefficient (Wildman–Crippen LogP) is 1.21. The normalized spacial score (nSPS) is 18.8. The van der Waals surface area contributed by atoms with Gasteiger partial charge in [0.15, 0.2) is 5.96 Å². The van der Waals surface area contributed by atoms with Crippen LogP contribution in [0.2, 0.25) is 0 Å². The van der Waals surface area contributed by atoms with Crippen molar-refractivity contribution in [1.82, 2.24) is 5.32 Å². The van der Waals surface area contributed by atoms with E-state index in [2.05, 4.69) is 16.9 Å². The number of rotatable bonds is 3. The molecule has 16 heavy (non-hydrogen) atoms. The van der Waals surface area contributed by atoms with Gasteiger partial charge in [-0.25, -0.2) is 4.99 Å². The summed E-state index contributed by atoms with van der Waals surface area (Å²) < 4.78 is 5.52. The summed E-state index contributed by atoms with van der Waals surface area (Å²) in [6.07, 6.45) is 1.70. The monoisotopic (exact) mass is 217 g/mol. The lowest BCUT2D eigenvalue weighted by atomic mass is 10.1. The van der Waals surface area contributed by atoms with Gasteiger partial charge in [-0.3, -0.25) is 0 Å². The molecule has 1 unspecified atom stereocenters. The first-order valence-electron chi connectivity index (χ1n) is 5.20. The van der Waals surface area contributed by atoms with Crippen molar-refractivity contribution >= 4 is 5.96 Å². The van der Waals surface area contributed by atoms with E-state index < -0.39 is 0 Å². The molecule has 0 saturated carbocycles. The maximum atomic E-state index is 5.73. The molecule has 1 atom stereocenters. The molecule has 84 valence electrons. The molecule has 1 aliphatic rings. The van der Waals surface area contributed by atoms with Gasteiger partial charge in [0.2, 0.25) is 0 Å². The van der Waals surface area contributed by atoms with Gasteiger partial charge in [0, 0.05) is 5.56 Å². The van der Waals surface area contributed by atoms with Crippen molar-refractivity contribution in [2.45, 2.75) is 6.04 Å². The Hall–Kier alpha value is -1.97. The zero-order chi connectivity index (χ0) is 11.4. The van der Waals surface area contributed by atoms with Crippen LogP contribution in [-0.2, 0) is 0 Å². The molecule has 2 rings (SSSR count). The lowest BCUT2D eigenvalue weighted by Crippen LogP contribution is -2.35. The minimum atomic E-state index is 0.0877. The summed E-state index contributed by atoms with van der Waals surface area (Å²) in [4.78, 5) is 4.09. The molecule has 4 heteroatoms. The maximum absolute atomic E-state index is 5.73. The highest BCUT2D eigenvalue weighted by Crippen LogP contribution is 2.31. The molecule has 1 aliphatic heterocycles. The number of aliphatic imine (C=N–C) groups is 1. The SMILES string of the molecule is C=CCN=C(N)NC1COc2ccccc21. The number of para-hydroxylation sites is 1. The van der Waals surface area contributed by atoms with Crippen molar-refractivity contribution in [1.29, 1.82) is 0 Å². The second kappa shape index (κ2) is 4.70. The molecule has 0 radical (unpaired) electrons. The van der Waals surface area contributed by atoms with Crippen LogP contribution in [0.4, 0.5) is 0 Å². The van der Waals surface area contributed by atoms with Crippen molar-refractivity contribution in [3.63, 3.8) is 0 Å². The van der Waals surface area contributed by atoms with Gasteiger partial charge in [0.05, 0.1) is 12.6 Å². The van der Waals surface area contributed by atoms with Gasteiger partial charge in [-0.1, -0.05) is 24.3 Å². The molecule has 0 saturated heterocycles. The van der Waals surface area contributed by atoms with E-state index in [4.69, 9.17) is 10.5 Å². The number of fused-ring (bicyclic) bond motifs is 1. The number of nitrogens with zero attached hydrogens (tertiary/aromatic N) is 1. The van der Waals surface area contributed by atoms with E-state index in [9.17, 15) is 0 Å². The summed E-state index contributed by atoms with van der Waals surface area (Å²) in [5.74, 6) is 1.33. The summed E-state index contributed by atoms with van der Waals surface area (Å²) in [6, 6.07) is 8.01. The number of nitrogens with one attached hydrogen (secondary N) is 1. The quantitative estimate of drug-likeness (QED) is 0.454. The third-order valence-electron chi connectivity index (χ3n) is 2.41. The molecule has 0 bridgehead atoms. The third kappa shape index (κ3) is 2.16. The summed E-state index contributed by atoms with van der Waals surface area (Å²) in [5, 5.41) is 3.12. The van der Waals surface area contributed by atoms with E-state index in [-0.39, 0.29) is 6.04 Å². The van der Waals surface area contributed by atoms with E-state index >= 15 is 0 Å². The number of ether oxygens (including phenoxy) is 1. The van der Waals surface area contributed by atoms with Crippen molar-refractivity contribution in [3.05, 3.63) is 42.5 Å². The van der Waals surface area contributed by atoms with Gasteiger partial charge in [-0.05, 0) is 6.07 Å². The van der Waals surface area contributed by atoms with Gasteiger partial charge in [-0.2, -0.15) is 0 Å². The van der Waals surface area contributed by atoms with Crippen molar-refractivity contribution in [3.8, 4) is 5.75 Å². The molecule has 0 amide bonds. The maximum Gasteiger partial charge on any atom is 0.189 e. The number of hydrogen-bond donors (Lipinski definition) is 2. The van der Waals surface area contributed by atoms with Crippen molar-refractivity contribution in [2.75, 3.05) is 13.2 Å². The van der Waals surface area contributed by atoms with Gasteiger partial charge >= 0.3 is 0 Å². The Morgan fingerprint density at radius 3 is 3.25 bits per heavy atom. The highest BCUT2D eigenvalue weighted by atomic mass is 16.5. The van der Waals surface area contributed by atoms with Crippen LogP contribution in [0.5, 0.6) is 5.75 Å². The highest BCUT2D eigenvalue weighted by molar-refractivity contribution is 5.78. The average molecular weight is 217 g/mol. The predicted molar refractivity (Wildman–Crippen MR) is 64.5 cm³/mol. The molecule has 1 heterocycles. The summed E-state index contributed by atoms with van der Waals surface area (Å²) >= 11 is 0. The van der Waals surface area contributed by atoms with Crippen LogP contribution in [0.3, 0.4) is 0 Å². The second-order valence-corrected chi connectivity index (χ2v) is 3.56. The van der Waals surface area contributed by atoms with E-state index in [0.717, 1.165) is 11.3 Å². The largest absolute Gasteiger partial charge is 0.491 e. The van der Waals surface area contributed by atoms with Crippen LogP contribution in [0.15, 0.2) is 41.9 Å². The van der Waals surface area contributed by atoms with Crippen molar-refractivity contribution in [2.24, 2.45) is 10.7 Å². The molecule has 0 aromatic heterocycles. The third-order valence-corrected chi connectivity index (χ3v) is 2.41. The Morgan fingerprint density at radius 2 is 2.44 bits per heavy atom. The van der Waals surface area contributed by atoms with Crippen molar-refractivity contribution < 1.29 is 4.74 Å². The molecular formula is C12H15N3O. The first kappa shape index (κ1) is 10.5. The van der Waals surface area contributed by atoms with Gasteiger partial charge in [0.1, 0.15) is 12.4 Å². The topological polar surface area (TPSA) is 59.6 Å². The molecule has 4 nitrogen and oxygen atoms in total. The Balaban J connectivity index is 2.05. The minimum absolute atomic E-state index is 0.0877. The number of nitrogens with two attached hydrogens (primary N) is 1. The number of guanidine groups is 1. The lowest BCUT2D eigenvalue weighted by Gasteiger charge is -2.11. The van der Waals surface area contributed by atoms with E-state index in [1.807, 2.05) is 24.3 Å². The Bertz CT molecular complexity index is 414. The fraction of sp³-hybridized carbons (Fsp3) is 0.250. The Morgan fingerprint density at radius 1 is 1.62 bits per heavy atom. The van der Waals surface area contributed by atoms with Crippen LogP contribution in [-0.4, -0.2) is 19.1 Å². The van der Waals surface area contributed by atoms with E-state index in [0.29, 0.717) is 19.1 Å². The van der Waals surface area contributed by atoms with Crippen LogP contribution in [0, 0.1) is 0 Å². The Labute approximate surface area is 94.8 Å². The molecule has 0 fully saturated rings. The van der Waals surface area contributed by atoms with E-state index in [1.165, 1.54) is 0 Å². The number of hydrogen-bond acceptors (Lipinski definition) is 2. The average Bonchev–Trinajstić information content (AvgIpc) is 2.70. The van der Waals surface area contributed by atoms with Crippen LogP contribution >= 0.6 is 0 Å². The molecule has 0 spiro atoms. The summed E-state index contributed by atoms with van der Waals surface area (Å²) in [6.45, 7) is 4.69. The molecule has 0 aliphatic carbocycles. The fourth-order valence-corrected chi connectivity index (χ4v) is 1.67. The zero-order valence-electron chi connectivity index (χ0n) is 9.02. The highest BCUT2D eigenvalue weighted by Gasteiger charge is 2.23. The van der Waals surface area contributed by atoms with Gasteiger partial charge < -0.3 is 15.8 Å². The van der Waals surface area contributed by atoms with E-state index in [1.54, 1.807) is 6.08 Å². The fourth-order valence-electron chi connectivity index (χ4n) is 1.67. The standard InChI is InChI=1S/C12H15N3O/c1-2-7-14-12(13)15-10-8-16-11-6-4-3-5-9(10)11/h2-6,10H,1,7-8H2,(H3,13,14,15). The summed E-state index contributed by atoms with van der Waals surface area (Å²) in [7, 11) is 0. The van der Waals surface area contributed by atoms with Crippen LogP contribution in [0.25, 0.3) is 0 Å². The molecular weight excluding hydrogens is 202 g/mol. The lowest BCUT2D eigenvalue weighted by molar-refractivity contribution is 0.324. The van der Waals surface area contributed by atoms with Crippen LogP contribution < -0.4 is 15.8 Å². The second-order valence-electron chi connectivity index (χ2n) is 3.56. The van der Waals surface area contributed by atoms with Crippen LogP contribution in [0.1, 0.15) is 11.6 Å². The molecule has 1 aromatic carbocycles. The molecule has 1 aromatic rings. The first-order chi connectivity index (χ1) is 7.81.